The summed E-state index contributed by atoms with van der Waals surface area (Å²) in [7, 11) is 0. The van der Waals surface area contributed by atoms with Crippen LogP contribution in [0.4, 0.5) is 18.9 Å². The lowest BCUT2D eigenvalue weighted by Gasteiger charge is -2.24. The molecule has 3 aliphatic rings. The molecular formula is C20H14F3N3O4. The van der Waals surface area contributed by atoms with E-state index in [0.29, 0.717) is 24.7 Å². The van der Waals surface area contributed by atoms with Gasteiger partial charge >= 0.3 is 12.1 Å². The molecule has 1 atom stereocenters. The van der Waals surface area contributed by atoms with Gasteiger partial charge in [0.15, 0.2) is 17.3 Å². The molecule has 2 aromatic carbocycles. The Morgan fingerprint density at radius 3 is 2.60 bits per heavy atom. The molecule has 0 radical (unpaired) electrons. The molecule has 154 valence electrons. The van der Waals surface area contributed by atoms with Crippen molar-refractivity contribution in [1.29, 1.82) is 0 Å². The van der Waals surface area contributed by atoms with Gasteiger partial charge in [0, 0.05) is 23.9 Å². The normalized spacial score (nSPS) is 21.1. The summed E-state index contributed by atoms with van der Waals surface area (Å²) in [4.78, 5) is 5.46. The molecule has 7 nitrogen and oxygen atoms in total. The number of hydrogen-bond acceptors (Lipinski definition) is 7. The van der Waals surface area contributed by atoms with Crippen LogP contribution in [0, 0.1) is 0 Å². The van der Waals surface area contributed by atoms with Crippen LogP contribution in [0.1, 0.15) is 22.8 Å². The van der Waals surface area contributed by atoms with Crippen molar-refractivity contribution in [2.75, 3.05) is 24.8 Å². The Bertz CT molecular complexity index is 1160. The van der Waals surface area contributed by atoms with E-state index in [1.807, 2.05) is 41.3 Å². The molecule has 1 unspecified atom stereocenters. The molecule has 0 saturated heterocycles. The Kier molecular flexibility index (Phi) is 3.37. The van der Waals surface area contributed by atoms with Gasteiger partial charge in [-0.15, -0.1) is 0 Å². The third kappa shape index (κ3) is 2.39. The SMILES string of the molecule is FC(F)(F)c1nc(CN2CC3(COc4cc5c(cc43)OCO5)c3ccccc32)no1. The molecule has 6 rings (SSSR count). The first-order valence-corrected chi connectivity index (χ1v) is 9.25. The lowest BCUT2D eigenvalue weighted by molar-refractivity contribution is -0.159. The summed E-state index contributed by atoms with van der Waals surface area (Å²) in [5.41, 5.74) is 2.40. The number of halogens is 3. The van der Waals surface area contributed by atoms with Gasteiger partial charge in [-0.3, -0.25) is 0 Å². The second-order valence-electron chi connectivity index (χ2n) is 7.46. The number of alkyl halides is 3. The highest BCUT2D eigenvalue weighted by Crippen LogP contribution is 2.54. The van der Waals surface area contributed by atoms with Crippen LogP contribution in [0.15, 0.2) is 40.9 Å². The van der Waals surface area contributed by atoms with E-state index in [9.17, 15) is 13.2 Å². The second kappa shape index (κ2) is 5.80. The van der Waals surface area contributed by atoms with Crippen molar-refractivity contribution in [1.82, 2.24) is 10.1 Å². The highest BCUT2D eigenvalue weighted by atomic mass is 19.4. The minimum Gasteiger partial charge on any atom is -0.492 e. The summed E-state index contributed by atoms with van der Waals surface area (Å²) in [6.07, 6.45) is -4.67. The van der Waals surface area contributed by atoms with Crippen LogP contribution in [-0.2, 0) is 18.1 Å². The average molecular weight is 417 g/mol. The summed E-state index contributed by atoms with van der Waals surface area (Å²) < 4.78 is 59.8. The topological polar surface area (TPSA) is 69.9 Å². The molecule has 0 amide bonds. The molecule has 0 bridgehead atoms. The number of nitrogens with zero attached hydrogens (tertiary/aromatic N) is 3. The van der Waals surface area contributed by atoms with Gasteiger partial charge in [-0.05, 0) is 17.7 Å². The molecule has 4 heterocycles. The Hall–Kier alpha value is -3.43. The van der Waals surface area contributed by atoms with Crippen LogP contribution in [0.25, 0.3) is 0 Å². The van der Waals surface area contributed by atoms with Crippen molar-refractivity contribution < 1.29 is 31.9 Å². The van der Waals surface area contributed by atoms with Crippen LogP contribution in [-0.4, -0.2) is 30.1 Å². The summed E-state index contributed by atoms with van der Waals surface area (Å²) in [6, 6.07) is 11.5. The number of anilines is 1. The monoisotopic (exact) mass is 417 g/mol. The second-order valence-corrected chi connectivity index (χ2v) is 7.46. The lowest BCUT2D eigenvalue weighted by atomic mass is 9.77. The van der Waals surface area contributed by atoms with E-state index in [1.165, 1.54) is 0 Å². The van der Waals surface area contributed by atoms with E-state index < -0.39 is 17.5 Å². The highest BCUT2D eigenvalue weighted by Gasteiger charge is 2.50. The van der Waals surface area contributed by atoms with E-state index in [0.717, 1.165) is 22.6 Å². The van der Waals surface area contributed by atoms with Crippen molar-refractivity contribution in [3.05, 3.63) is 59.2 Å². The summed E-state index contributed by atoms with van der Waals surface area (Å²) >= 11 is 0. The Morgan fingerprint density at radius 2 is 1.80 bits per heavy atom. The number of benzene rings is 2. The zero-order valence-corrected chi connectivity index (χ0v) is 15.4. The minimum absolute atomic E-state index is 0.0287. The van der Waals surface area contributed by atoms with Crippen LogP contribution in [0.3, 0.4) is 0 Å². The smallest absolute Gasteiger partial charge is 0.471 e. The Balaban J connectivity index is 1.39. The maximum Gasteiger partial charge on any atom is 0.471 e. The third-order valence-corrected chi connectivity index (χ3v) is 5.73. The molecule has 30 heavy (non-hydrogen) atoms. The maximum atomic E-state index is 12.8. The minimum atomic E-state index is -4.67. The first-order chi connectivity index (χ1) is 14.4. The average Bonchev–Trinajstić information content (AvgIpc) is 3.49. The standard InChI is InChI=1S/C20H14F3N3O4/c21-20(22,23)18-24-17(25-30-18)7-26-8-19(11-3-1-2-4-13(11)26)9-27-14-6-16-15(5-12(14)19)28-10-29-16/h1-6H,7-10H2. The predicted octanol–water partition coefficient (Wildman–Crippen LogP) is 3.52. The molecule has 0 N–H and O–H groups in total. The quantitative estimate of drug-likeness (QED) is 0.632. The zero-order chi connectivity index (χ0) is 20.5. The molecule has 0 aliphatic carbocycles. The van der Waals surface area contributed by atoms with Gasteiger partial charge in [-0.1, -0.05) is 23.4 Å². The third-order valence-electron chi connectivity index (χ3n) is 5.73. The summed E-state index contributed by atoms with van der Waals surface area (Å²) in [5, 5.41) is 3.51. The van der Waals surface area contributed by atoms with Crippen molar-refractivity contribution in [3.63, 3.8) is 0 Å². The Morgan fingerprint density at radius 1 is 1.00 bits per heavy atom. The van der Waals surface area contributed by atoms with Gasteiger partial charge in [-0.25, -0.2) is 0 Å². The number of para-hydroxylation sites is 1. The van der Waals surface area contributed by atoms with E-state index in [-0.39, 0.29) is 19.2 Å². The van der Waals surface area contributed by atoms with Crippen LogP contribution < -0.4 is 19.1 Å². The fraction of sp³-hybridized carbons (Fsp3) is 0.300. The van der Waals surface area contributed by atoms with Crippen LogP contribution in [0.2, 0.25) is 0 Å². The summed E-state index contributed by atoms with van der Waals surface area (Å²) in [6.45, 7) is 1.14. The number of ether oxygens (including phenoxy) is 3. The number of rotatable bonds is 2. The largest absolute Gasteiger partial charge is 0.492 e. The van der Waals surface area contributed by atoms with Gasteiger partial charge in [0.1, 0.15) is 12.4 Å². The number of fused-ring (bicyclic) bond motifs is 5. The molecule has 10 heteroatoms. The zero-order valence-electron chi connectivity index (χ0n) is 15.4. The van der Waals surface area contributed by atoms with Gasteiger partial charge in [-0.2, -0.15) is 18.2 Å². The Labute approximate surface area is 167 Å². The van der Waals surface area contributed by atoms with Gasteiger partial charge in [0.25, 0.3) is 0 Å². The molecular weight excluding hydrogens is 403 g/mol. The van der Waals surface area contributed by atoms with Crippen molar-refractivity contribution in [3.8, 4) is 17.2 Å². The molecule has 1 spiro atoms. The van der Waals surface area contributed by atoms with E-state index in [1.54, 1.807) is 0 Å². The van der Waals surface area contributed by atoms with Gasteiger partial charge in [0.05, 0.1) is 12.0 Å². The van der Waals surface area contributed by atoms with E-state index >= 15 is 0 Å². The molecule has 3 aromatic rings. The predicted molar refractivity (Wildman–Crippen MR) is 95.6 cm³/mol. The van der Waals surface area contributed by atoms with E-state index in [4.69, 9.17) is 14.2 Å². The number of hydrogen-bond donors (Lipinski definition) is 0. The molecule has 3 aliphatic heterocycles. The van der Waals surface area contributed by atoms with Gasteiger partial charge in [0.2, 0.25) is 6.79 Å². The number of aromatic nitrogens is 2. The summed E-state index contributed by atoms with van der Waals surface area (Å²) in [5.74, 6) is 0.638. The van der Waals surface area contributed by atoms with Crippen molar-refractivity contribution in [2.45, 2.75) is 18.1 Å². The van der Waals surface area contributed by atoms with E-state index in [2.05, 4.69) is 14.7 Å². The molecule has 0 fully saturated rings. The van der Waals surface area contributed by atoms with Crippen LogP contribution >= 0.6 is 0 Å². The maximum absolute atomic E-state index is 12.8. The first kappa shape index (κ1) is 17.4. The van der Waals surface area contributed by atoms with Crippen molar-refractivity contribution in [2.24, 2.45) is 0 Å². The fourth-order valence-corrected chi connectivity index (χ4v) is 4.44. The van der Waals surface area contributed by atoms with Crippen molar-refractivity contribution >= 4 is 5.69 Å². The first-order valence-electron chi connectivity index (χ1n) is 9.25. The molecule has 0 saturated carbocycles. The lowest BCUT2D eigenvalue weighted by Crippen LogP contribution is -2.36. The highest BCUT2D eigenvalue weighted by molar-refractivity contribution is 5.70. The molecule has 1 aromatic heterocycles. The van der Waals surface area contributed by atoms with Crippen LogP contribution in [0.5, 0.6) is 17.2 Å². The fourth-order valence-electron chi connectivity index (χ4n) is 4.44. The van der Waals surface area contributed by atoms with Gasteiger partial charge < -0.3 is 23.6 Å².